The molecule has 1 heterocycles. The highest BCUT2D eigenvalue weighted by molar-refractivity contribution is 6.37. The zero-order valence-corrected chi connectivity index (χ0v) is 15.6. The number of ketones is 1. The highest BCUT2D eigenvalue weighted by Crippen LogP contribution is 2.33. The molecule has 3 aromatic rings. The van der Waals surface area contributed by atoms with E-state index in [0.29, 0.717) is 32.9 Å². The molecule has 0 aliphatic heterocycles. The van der Waals surface area contributed by atoms with Gasteiger partial charge in [0.1, 0.15) is 18.1 Å². The van der Waals surface area contributed by atoms with Gasteiger partial charge in [0, 0.05) is 5.56 Å². The molecule has 1 aromatic heterocycles. The van der Waals surface area contributed by atoms with Crippen molar-refractivity contribution in [2.45, 2.75) is 13.5 Å². The number of rotatable bonds is 6. The Morgan fingerprint density at radius 1 is 1.08 bits per heavy atom. The van der Waals surface area contributed by atoms with E-state index in [2.05, 4.69) is 0 Å². The standard InChI is InChI=1S/C21H16Cl2O3/c1-14-4-2-5-15(12-14)20(24)11-10-16-8-9-17(26-16)13-25-21-18(22)6-3-7-19(21)23/h2-12H,13H2,1H3/b11-10+. The lowest BCUT2D eigenvalue weighted by Gasteiger charge is -2.07. The summed E-state index contributed by atoms with van der Waals surface area (Å²) < 4.78 is 11.3. The summed E-state index contributed by atoms with van der Waals surface area (Å²) in [6.07, 6.45) is 3.12. The maximum absolute atomic E-state index is 12.2. The number of carbonyl (C=O) groups excluding carboxylic acids is 1. The van der Waals surface area contributed by atoms with Gasteiger partial charge in [-0.15, -0.1) is 0 Å². The maximum Gasteiger partial charge on any atom is 0.185 e. The predicted molar refractivity (Wildman–Crippen MR) is 104 cm³/mol. The minimum absolute atomic E-state index is 0.0780. The van der Waals surface area contributed by atoms with E-state index in [-0.39, 0.29) is 12.4 Å². The van der Waals surface area contributed by atoms with Crippen LogP contribution in [0.1, 0.15) is 27.4 Å². The number of para-hydroxylation sites is 1. The summed E-state index contributed by atoms with van der Waals surface area (Å²) in [5.74, 6) is 1.50. The number of hydrogen-bond acceptors (Lipinski definition) is 3. The number of hydrogen-bond donors (Lipinski definition) is 0. The van der Waals surface area contributed by atoms with E-state index in [1.165, 1.54) is 6.08 Å². The van der Waals surface area contributed by atoms with Crippen molar-refractivity contribution in [3.63, 3.8) is 0 Å². The van der Waals surface area contributed by atoms with E-state index >= 15 is 0 Å². The Bertz CT molecular complexity index is 937. The Balaban J connectivity index is 1.64. The van der Waals surface area contributed by atoms with Crippen molar-refractivity contribution in [3.05, 3.63) is 93.4 Å². The molecule has 5 heteroatoms. The molecule has 26 heavy (non-hydrogen) atoms. The van der Waals surface area contributed by atoms with Crippen molar-refractivity contribution in [2.75, 3.05) is 0 Å². The summed E-state index contributed by atoms with van der Waals surface area (Å²) in [6, 6.07) is 16.2. The van der Waals surface area contributed by atoms with Crippen LogP contribution in [0.25, 0.3) is 6.08 Å². The summed E-state index contributed by atoms with van der Waals surface area (Å²) >= 11 is 12.1. The molecule has 0 bridgehead atoms. The van der Waals surface area contributed by atoms with Crippen LogP contribution in [0, 0.1) is 6.92 Å². The maximum atomic E-state index is 12.2. The van der Waals surface area contributed by atoms with Crippen LogP contribution >= 0.6 is 23.2 Å². The van der Waals surface area contributed by atoms with E-state index in [1.54, 1.807) is 42.5 Å². The van der Waals surface area contributed by atoms with Gasteiger partial charge in [0.25, 0.3) is 0 Å². The fraction of sp³-hybridized carbons (Fsp3) is 0.0952. The van der Waals surface area contributed by atoms with Gasteiger partial charge in [0.05, 0.1) is 10.0 Å². The van der Waals surface area contributed by atoms with E-state index in [4.69, 9.17) is 32.4 Å². The third-order valence-electron chi connectivity index (χ3n) is 3.66. The van der Waals surface area contributed by atoms with Crippen LogP contribution in [0.5, 0.6) is 5.75 Å². The van der Waals surface area contributed by atoms with Gasteiger partial charge in [0.2, 0.25) is 0 Å². The fourth-order valence-corrected chi connectivity index (χ4v) is 2.88. The van der Waals surface area contributed by atoms with Crippen LogP contribution in [0.2, 0.25) is 10.0 Å². The lowest BCUT2D eigenvalue weighted by Crippen LogP contribution is -1.95. The van der Waals surface area contributed by atoms with Crippen molar-refractivity contribution < 1.29 is 13.9 Å². The summed E-state index contributed by atoms with van der Waals surface area (Å²) in [5, 5.41) is 0.876. The molecule has 0 aliphatic rings. The number of allylic oxidation sites excluding steroid dienone is 1. The van der Waals surface area contributed by atoms with Gasteiger partial charge in [-0.05, 0) is 49.4 Å². The first kappa shape index (κ1) is 18.3. The summed E-state index contributed by atoms with van der Waals surface area (Å²) in [4.78, 5) is 12.2. The monoisotopic (exact) mass is 386 g/mol. The van der Waals surface area contributed by atoms with Crippen molar-refractivity contribution in [2.24, 2.45) is 0 Å². The van der Waals surface area contributed by atoms with E-state index in [9.17, 15) is 4.79 Å². The largest absolute Gasteiger partial charge is 0.483 e. The zero-order valence-electron chi connectivity index (χ0n) is 14.0. The molecule has 0 radical (unpaired) electrons. The quantitative estimate of drug-likeness (QED) is 0.364. The molecule has 3 nitrogen and oxygen atoms in total. The third kappa shape index (κ3) is 4.57. The van der Waals surface area contributed by atoms with Crippen LogP contribution < -0.4 is 4.74 Å². The van der Waals surface area contributed by atoms with E-state index < -0.39 is 0 Å². The van der Waals surface area contributed by atoms with Crippen LogP contribution in [0.3, 0.4) is 0 Å². The molecule has 0 saturated carbocycles. The summed E-state index contributed by atoms with van der Waals surface area (Å²) in [5.41, 5.74) is 1.68. The van der Waals surface area contributed by atoms with Crippen LogP contribution in [-0.2, 0) is 6.61 Å². The van der Waals surface area contributed by atoms with Crippen LogP contribution in [0.15, 0.2) is 65.1 Å². The average molecular weight is 387 g/mol. The predicted octanol–water partition coefficient (Wildman–Crippen LogP) is 6.37. The smallest absolute Gasteiger partial charge is 0.185 e. The SMILES string of the molecule is Cc1cccc(C(=O)/C=C/c2ccc(COc3c(Cl)cccc3Cl)o2)c1. The Labute approximate surface area is 161 Å². The van der Waals surface area contributed by atoms with Crippen molar-refractivity contribution in [1.82, 2.24) is 0 Å². The molecule has 0 saturated heterocycles. The number of benzene rings is 2. The molecule has 0 fully saturated rings. The number of furan rings is 1. The number of ether oxygens (including phenoxy) is 1. The van der Waals surface area contributed by atoms with Gasteiger partial charge >= 0.3 is 0 Å². The first-order chi connectivity index (χ1) is 12.5. The number of aryl methyl sites for hydroxylation is 1. The molecule has 0 aliphatic carbocycles. The van der Waals surface area contributed by atoms with E-state index in [0.717, 1.165) is 5.56 Å². The number of carbonyl (C=O) groups is 1. The van der Waals surface area contributed by atoms with Gasteiger partial charge in [-0.2, -0.15) is 0 Å². The molecule has 0 spiro atoms. The molecule has 0 unspecified atom stereocenters. The first-order valence-corrected chi connectivity index (χ1v) is 8.73. The Morgan fingerprint density at radius 3 is 2.54 bits per heavy atom. The molecular formula is C21H16Cl2O3. The molecule has 0 amide bonds. The summed E-state index contributed by atoms with van der Waals surface area (Å²) in [6.45, 7) is 2.13. The topological polar surface area (TPSA) is 39.4 Å². The van der Waals surface area contributed by atoms with Gasteiger partial charge < -0.3 is 9.15 Å². The average Bonchev–Trinajstić information content (AvgIpc) is 3.07. The van der Waals surface area contributed by atoms with Gasteiger partial charge in [-0.3, -0.25) is 4.79 Å². The first-order valence-electron chi connectivity index (χ1n) is 7.97. The third-order valence-corrected chi connectivity index (χ3v) is 4.26. The molecule has 0 N–H and O–H groups in total. The molecular weight excluding hydrogens is 371 g/mol. The number of halogens is 2. The molecule has 3 rings (SSSR count). The lowest BCUT2D eigenvalue weighted by molar-refractivity contribution is 0.104. The molecule has 0 atom stereocenters. The Morgan fingerprint density at radius 2 is 1.81 bits per heavy atom. The van der Waals surface area contributed by atoms with E-state index in [1.807, 2.05) is 25.1 Å². The zero-order chi connectivity index (χ0) is 18.5. The fourth-order valence-electron chi connectivity index (χ4n) is 2.38. The van der Waals surface area contributed by atoms with Gasteiger partial charge in [-0.25, -0.2) is 0 Å². The minimum Gasteiger partial charge on any atom is -0.483 e. The molecule has 2 aromatic carbocycles. The summed E-state index contributed by atoms with van der Waals surface area (Å²) in [7, 11) is 0. The van der Waals surface area contributed by atoms with Crippen molar-refractivity contribution in [3.8, 4) is 5.75 Å². The Kier molecular flexibility index (Phi) is 5.82. The second-order valence-corrected chi connectivity index (χ2v) is 6.52. The lowest BCUT2D eigenvalue weighted by atomic mass is 10.1. The van der Waals surface area contributed by atoms with Crippen molar-refractivity contribution in [1.29, 1.82) is 0 Å². The van der Waals surface area contributed by atoms with Gasteiger partial charge in [0.15, 0.2) is 11.5 Å². The second-order valence-electron chi connectivity index (χ2n) is 5.71. The van der Waals surface area contributed by atoms with Crippen molar-refractivity contribution >= 4 is 35.1 Å². The van der Waals surface area contributed by atoms with Crippen LogP contribution in [-0.4, -0.2) is 5.78 Å². The minimum atomic E-state index is -0.0780. The van der Waals surface area contributed by atoms with Crippen LogP contribution in [0.4, 0.5) is 0 Å². The highest BCUT2D eigenvalue weighted by Gasteiger charge is 2.09. The second kappa shape index (κ2) is 8.26. The highest BCUT2D eigenvalue weighted by atomic mass is 35.5. The normalized spacial score (nSPS) is 11.0. The molecule has 132 valence electrons. The Hall–Kier alpha value is -2.49. The van der Waals surface area contributed by atoms with Gasteiger partial charge in [-0.1, -0.05) is 53.0 Å².